The standard InChI is InChI=1S/C15H23BrN4O2/c1-4-22-15(21)14(17-10-5-11-20(2)3)19-18-13-8-6-12(16)7-9-13/h6-9,18H,4-5,10-11H2,1-3H3,(H,17,19). The van der Waals surface area contributed by atoms with Gasteiger partial charge in [0.2, 0.25) is 5.84 Å². The molecular weight excluding hydrogens is 348 g/mol. The Balaban J connectivity index is 2.58. The highest BCUT2D eigenvalue weighted by molar-refractivity contribution is 9.10. The molecule has 0 aliphatic carbocycles. The fourth-order valence-electron chi connectivity index (χ4n) is 1.60. The molecule has 7 heteroatoms. The second kappa shape index (κ2) is 10.2. The number of benzene rings is 1. The van der Waals surface area contributed by atoms with Crippen molar-refractivity contribution in [3.05, 3.63) is 28.7 Å². The van der Waals surface area contributed by atoms with Gasteiger partial charge >= 0.3 is 5.97 Å². The van der Waals surface area contributed by atoms with Crippen LogP contribution in [0.5, 0.6) is 0 Å². The Morgan fingerprint density at radius 2 is 2.00 bits per heavy atom. The van der Waals surface area contributed by atoms with Crippen LogP contribution < -0.4 is 10.9 Å². The summed E-state index contributed by atoms with van der Waals surface area (Å²) in [7, 11) is 4.01. The van der Waals surface area contributed by atoms with Gasteiger partial charge in [-0.25, -0.2) is 4.79 Å². The van der Waals surface area contributed by atoms with Gasteiger partial charge in [0, 0.05) is 11.0 Å². The first-order valence-corrected chi connectivity index (χ1v) is 7.96. The third-order valence-electron chi connectivity index (χ3n) is 2.67. The van der Waals surface area contributed by atoms with Gasteiger partial charge in [0.1, 0.15) is 0 Å². The lowest BCUT2D eigenvalue weighted by Gasteiger charge is -2.12. The van der Waals surface area contributed by atoms with Crippen LogP contribution in [0.4, 0.5) is 5.69 Å². The first kappa shape index (κ1) is 18.4. The fourth-order valence-corrected chi connectivity index (χ4v) is 1.86. The zero-order valence-electron chi connectivity index (χ0n) is 13.2. The van der Waals surface area contributed by atoms with Crippen molar-refractivity contribution in [1.29, 1.82) is 0 Å². The topological polar surface area (TPSA) is 66.0 Å². The van der Waals surface area contributed by atoms with Crippen molar-refractivity contribution in [3.63, 3.8) is 0 Å². The second-order valence-corrected chi connectivity index (χ2v) is 5.78. The molecule has 0 amide bonds. The summed E-state index contributed by atoms with van der Waals surface area (Å²) in [5, 5.41) is 0. The summed E-state index contributed by atoms with van der Waals surface area (Å²) in [4.78, 5) is 18.2. The molecule has 6 nitrogen and oxygen atoms in total. The molecule has 1 aromatic carbocycles. The molecule has 1 rings (SSSR count). The Labute approximate surface area is 140 Å². The van der Waals surface area contributed by atoms with E-state index in [-0.39, 0.29) is 5.84 Å². The lowest BCUT2D eigenvalue weighted by atomic mass is 10.3. The van der Waals surface area contributed by atoms with E-state index in [0.29, 0.717) is 13.2 Å². The zero-order valence-corrected chi connectivity index (χ0v) is 14.8. The SMILES string of the molecule is CCOC(=O)C(=NCCCN(C)C)NNc1ccc(Br)cc1. The molecule has 122 valence electrons. The van der Waals surface area contributed by atoms with Crippen molar-refractivity contribution in [1.82, 2.24) is 10.3 Å². The van der Waals surface area contributed by atoms with Gasteiger partial charge in [-0.15, -0.1) is 0 Å². The van der Waals surface area contributed by atoms with Gasteiger partial charge in [0.15, 0.2) is 0 Å². The van der Waals surface area contributed by atoms with Crippen molar-refractivity contribution in [3.8, 4) is 0 Å². The number of hydrogen-bond donors (Lipinski definition) is 2. The monoisotopic (exact) mass is 370 g/mol. The van der Waals surface area contributed by atoms with Crippen LogP contribution >= 0.6 is 15.9 Å². The minimum atomic E-state index is -0.461. The predicted octanol–water partition coefficient (Wildman–Crippen LogP) is 2.28. The van der Waals surface area contributed by atoms with Crippen LogP contribution in [0.2, 0.25) is 0 Å². The third kappa shape index (κ3) is 7.42. The maximum absolute atomic E-state index is 11.9. The smallest absolute Gasteiger partial charge is 0.375 e. The number of hydrogen-bond acceptors (Lipinski definition) is 5. The molecular formula is C15H23BrN4O2. The third-order valence-corrected chi connectivity index (χ3v) is 3.20. The number of halogens is 1. The molecule has 0 aliphatic heterocycles. The number of amidine groups is 1. The highest BCUT2D eigenvalue weighted by atomic mass is 79.9. The van der Waals surface area contributed by atoms with Crippen LogP contribution in [-0.4, -0.2) is 50.5 Å². The number of ether oxygens (including phenoxy) is 1. The molecule has 22 heavy (non-hydrogen) atoms. The van der Waals surface area contributed by atoms with E-state index in [9.17, 15) is 4.79 Å². The van der Waals surface area contributed by atoms with E-state index in [4.69, 9.17) is 4.74 Å². The lowest BCUT2D eigenvalue weighted by molar-refractivity contribution is -0.135. The minimum Gasteiger partial charge on any atom is -0.460 e. The van der Waals surface area contributed by atoms with Crippen molar-refractivity contribution >= 4 is 33.4 Å². The Hall–Kier alpha value is -1.60. The Morgan fingerprint density at radius 3 is 2.59 bits per heavy atom. The van der Waals surface area contributed by atoms with Gasteiger partial charge < -0.3 is 9.64 Å². The average molecular weight is 371 g/mol. The van der Waals surface area contributed by atoms with Crippen molar-refractivity contribution in [2.24, 2.45) is 4.99 Å². The van der Waals surface area contributed by atoms with Crippen LogP contribution in [-0.2, 0) is 9.53 Å². The number of nitrogens with zero attached hydrogens (tertiary/aromatic N) is 2. The molecule has 0 heterocycles. The number of hydrazine groups is 1. The number of aliphatic imine (C=N–C) groups is 1. The van der Waals surface area contributed by atoms with Crippen molar-refractivity contribution in [2.45, 2.75) is 13.3 Å². The largest absolute Gasteiger partial charge is 0.460 e. The van der Waals surface area contributed by atoms with E-state index in [1.807, 2.05) is 38.4 Å². The highest BCUT2D eigenvalue weighted by Crippen LogP contribution is 2.13. The summed E-state index contributed by atoms with van der Waals surface area (Å²) in [6.07, 6.45) is 0.871. The minimum absolute atomic E-state index is 0.184. The van der Waals surface area contributed by atoms with Crippen LogP contribution in [0.3, 0.4) is 0 Å². The van der Waals surface area contributed by atoms with Crippen molar-refractivity contribution < 1.29 is 9.53 Å². The molecule has 0 aromatic heterocycles. The summed E-state index contributed by atoms with van der Waals surface area (Å²) in [6.45, 7) is 3.56. The molecule has 0 unspecified atom stereocenters. The normalized spacial score (nSPS) is 11.4. The van der Waals surface area contributed by atoms with Gasteiger partial charge in [-0.2, -0.15) is 0 Å². The Kier molecular flexibility index (Phi) is 8.54. The van der Waals surface area contributed by atoms with E-state index < -0.39 is 5.97 Å². The predicted molar refractivity (Wildman–Crippen MR) is 93.0 cm³/mol. The first-order chi connectivity index (χ1) is 10.5. The van der Waals surface area contributed by atoms with Gasteiger partial charge in [-0.1, -0.05) is 15.9 Å². The first-order valence-electron chi connectivity index (χ1n) is 7.16. The van der Waals surface area contributed by atoms with Crippen LogP contribution in [0.25, 0.3) is 0 Å². The van der Waals surface area contributed by atoms with Gasteiger partial charge in [-0.05, 0) is 58.3 Å². The molecule has 0 saturated carbocycles. The number of carbonyl (C=O) groups is 1. The molecule has 0 saturated heterocycles. The summed E-state index contributed by atoms with van der Waals surface area (Å²) >= 11 is 3.37. The Morgan fingerprint density at radius 1 is 1.32 bits per heavy atom. The van der Waals surface area contributed by atoms with Gasteiger partial charge in [-0.3, -0.25) is 15.8 Å². The molecule has 0 radical (unpaired) electrons. The summed E-state index contributed by atoms with van der Waals surface area (Å²) in [6, 6.07) is 7.57. The van der Waals surface area contributed by atoms with Crippen LogP contribution in [0, 0.1) is 0 Å². The van der Waals surface area contributed by atoms with Gasteiger partial charge in [0.25, 0.3) is 0 Å². The summed E-state index contributed by atoms with van der Waals surface area (Å²) in [5.74, 6) is -0.277. The molecule has 0 bridgehead atoms. The molecule has 2 N–H and O–H groups in total. The Bertz CT molecular complexity index is 489. The molecule has 1 aromatic rings. The van der Waals surface area contributed by atoms with Gasteiger partial charge in [0.05, 0.1) is 12.3 Å². The summed E-state index contributed by atoms with van der Waals surface area (Å²) in [5.41, 5.74) is 6.60. The van der Waals surface area contributed by atoms with E-state index in [2.05, 4.69) is 36.7 Å². The quantitative estimate of drug-likeness (QED) is 0.253. The zero-order chi connectivity index (χ0) is 16.4. The highest BCUT2D eigenvalue weighted by Gasteiger charge is 2.11. The van der Waals surface area contributed by atoms with Crippen LogP contribution in [0.1, 0.15) is 13.3 Å². The molecule has 0 spiro atoms. The average Bonchev–Trinajstić information content (AvgIpc) is 2.48. The number of rotatable bonds is 7. The molecule has 0 aliphatic rings. The van der Waals surface area contributed by atoms with E-state index >= 15 is 0 Å². The maximum atomic E-state index is 11.9. The molecule has 0 fully saturated rings. The van der Waals surface area contributed by atoms with Crippen molar-refractivity contribution in [2.75, 3.05) is 39.2 Å². The number of esters is 1. The lowest BCUT2D eigenvalue weighted by Crippen LogP contribution is -2.37. The number of nitrogens with one attached hydrogen (secondary N) is 2. The second-order valence-electron chi connectivity index (χ2n) is 4.86. The van der Waals surface area contributed by atoms with E-state index in [1.54, 1.807) is 6.92 Å². The number of carbonyl (C=O) groups excluding carboxylic acids is 1. The fraction of sp³-hybridized carbons (Fsp3) is 0.467. The number of anilines is 1. The van der Waals surface area contributed by atoms with E-state index in [1.165, 1.54) is 0 Å². The molecule has 0 atom stereocenters. The maximum Gasteiger partial charge on any atom is 0.375 e. The van der Waals surface area contributed by atoms with Crippen LogP contribution in [0.15, 0.2) is 33.7 Å². The summed E-state index contributed by atoms with van der Waals surface area (Å²) < 4.78 is 5.99. The van der Waals surface area contributed by atoms with E-state index in [0.717, 1.165) is 23.1 Å².